The third-order valence-electron chi connectivity index (χ3n) is 12.9. The number of benzene rings is 4. The first kappa shape index (κ1) is 38.5. The highest BCUT2D eigenvalue weighted by Gasteiger charge is 2.62. The zero-order valence-corrected chi connectivity index (χ0v) is 34.2. The first-order valence-corrected chi connectivity index (χ1v) is 22.1. The van der Waals surface area contributed by atoms with Gasteiger partial charge in [-0.1, -0.05) is 143 Å². The van der Waals surface area contributed by atoms with Gasteiger partial charge in [0, 0.05) is 22.5 Å². The molecule has 0 radical (unpaired) electrons. The highest BCUT2D eigenvalue weighted by molar-refractivity contribution is 6.68. The molecule has 0 saturated heterocycles. The zero-order valence-electron chi connectivity index (χ0n) is 34.2. The molecule has 1 atom stereocenters. The minimum absolute atomic E-state index is 0.379. The van der Waals surface area contributed by atoms with Crippen molar-refractivity contribution in [3.05, 3.63) is 147 Å². The largest absolute Gasteiger partial charge is 0.533 e. The molecular formula is C51H55BF2N2O2. The lowest BCUT2D eigenvalue weighted by molar-refractivity contribution is -0.289. The molecule has 7 heteroatoms. The van der Waals surface area contributed by atoms with E-state index in [-0.39, 0.29) is 0 Å². The van der Waals surface area contributed by atoms with Gasteiger partial charge in [0.05, 0.1) is 24.5 Å². The molecule has 0 aromatic heterocycles. The Morgan fingerprint density at radius 1 is 0.603 bits per heavy atom. The van der Waals surface area contributed by atoms with E-state index in [1.54, 1.807) is 0 Å². The van der Waals surface area contributed by atoms with Crippen LogP contribution in [0.1, 0.15) is 124 Å². The van der Waals surface area contributed by atoms with Crippen LogP contribution in [0.25, 0.3) is 16.7 Å². The smallest absolute Gasteiger partial charge is 0.494 e. The lowest BCUT2D eigenvalue weighted by atomic mass is 9.56. The minimum atomic E-state index is -4.26. The second-order valence-electron chi connectivity index (χ2n) is 16.7. The van der Waals surface area contributed by atoms with E-state index in [2.05, 4.69) is 38.1 Å². The van der Waals surface area contributed by atoms with Crippen LogP contribution in [0.2, 0.25) is 5.82 Å². The summed E-state index contributed by atoms with van der Waals surface area (Å²) in [6.07, 6.45) is 14.6. The molecule has 4 aromatic rings. The van der Waals surface area contributed by atoms with Crippen molar-refractivity contribution in [2.75, 3.05) is 13.2 Å². The number of hydrogen-bond acceptors (Lipinski definition) is 3. The highest BCUT2D eigenvalue weighted by atomic mass is 19.2. The zero-order chi connectivity index (χ0) is 39.6. The van der Waals surface area contributed by atoms with E-state index in [1.165, 1.54) is 43.0 Å². The van der Waals surface area contributed by atoms with E-state index < -0.39 is 12.7 Å². The molecule has 58 heavy (non-hydrogen) atoms. The van der Waals surface area contributed by atoms with Gasteiger partial charge in [-0.25, -0.2) is 0 Å². The van der Waals surface area contributed by atoms with Crippen molar-refractivity contribution in [1.82, 2.24) is 0 Å². The first-order valence-electron chi connectivity index (χ1n) is 22.1. The quantitative estimate of drug-likeness (QED) is 0.0839. The second kappa shape index (κ2) is 16.7. The maximum absolute atomic E-state index is 18.5. The molecule has 0 fully saturated rings. The molecule has 5 aliphatic rings. The summed E-state index contributed by atoms with van der Waals surface area (Å²) < 4.78 is 50.9. The predicted molar refractivity (Wildman–Crippen MR) is 235 cm³/mol. The van der Waals surface area contributed by atoms with Gasteiger partial charge in [-0.15, -0.1) is 0 Å². The van der Waals surface area contributed by atoms with Gasteiger partial charge in [-0.05, 0) is 102 Å². The fraction of sp³-hybridized carbons (Fsp3) is 0.373. The standard InChI is InChI=1S/C51H55BF2N2O2/c1-3-5-7-9-17-31-57-39-25-29-41-37(33-39)23-27-43-45(35-19-13-11-14-20-35)49-48(47(41)43)52(53,54)56-50-42-30-26-40(58-32-18-10-8-6-4-2)34-38(42)24-28-44(50)46(51(56)55-49)36-21-15-12-16-22-36/h11-16,19-22,25-26,29-30,33-34,48H,3-10,17-18,23-24,27-28,31-32H2,1-2H3. The van der Waals surface area contributed by atoms with Crippen LogP contribution >= 0.6 is 0 Å². The molecule has 3 aliphatic carbocycles. The van der Waals surface area contributed by atoms with E-state index in [4.69, 9.17) is 14.5 Å². The van der Waals surface area contributed by atoms with Crippen LogP contribution in [0.5, 0.6) is 11.5 Å². The molecule has 0 amide bonds. The van der Waals surface area contributed by atoms with Crippen molar-refractivity contribution >= 4 is 35.1 Å². The molecule has 9 rings (SSSR count). The molecule has 0 bridgehead atoms. The average Bonchev–Trinajstić information content (AvgIpc) is 3.78. The number of hydrogen-bond donors (Lipinski definition) is 0. The lowest BCUT2D eigenvalue weighted by Gasteiger charge is -2.37. The summed E-state index contributed by atoms with van der Waals surface area (Å²) in [5.74, 6) is 0.839. The van der Waals surface area contributed by atoms with Crippen molar-refractivity contribution < 1.29 is 22.6 Å². The Balaban J connectivity index is 1.15. The minimum Gasteiger partial charge on any atom is -0.494 e. The first-order chi connectivity index (χ1) is 28.5. The predicted octanol–water partition coefficient (Wildman–Crippen LogP) is 13.1. The maximum atomic E-state index is 18.5. The van der Waals surface area contributed by atoms with Gasteiger partial charge in [0.25, 0.3) is 5.84 Å². The Kier molecular flexibility index (Phi) is 11.1. The van der Waals surface area contributed by atoms with Gasteiger partial charge < -0.3 is 22.6 Å². The van der Waals surface area contributed by atoms with E-state index >= 15 is 8.63 Å². The van der Waals surface area contributed by atoms with Crippen molar-refractivity contribution in [2.45, 2.75) is 110 Å². The Hall–Kier alpha value is -5.04. The van der Waals surface area contributed by atoms with E-state index in [0.717, 1.165) is 111 Å². The number of halogens is 2. The fourth-order valence-electron chi connectivity index (χ4n) is 10.1. The highest BCUT2D eigenvalue weighted by Crippen LogP contribution is 2.61. The van der Waals surface area contributed by atoms with Crippen LogP contribution in [0.3, 0.4) is 0 Å². The Morgan fingerprint density at radius 3 is 1.74 bits per heavy atom. The Morgan fingerprint density at radius 2 is 1.14 bits per heavy atom. The summed E-state index contributed by atoms with van der Waals surface area (Å²) in [7, 11) is 0. The summed E-state index contributed by atoms with van der Waals surface area (Å²) >= 11 is 0. The summed E-state index contributed by atoms with van der Waals surface area (Å²) in [5.41, 5.74) is 11.3. The van der Waals surface area contributed by atoms with Crippen molar-refractivity contribution in [2.24, 2.45) is 4.99 Å². The molecule has 0 spiro atoms. The number of allylic oxidation sites excluding steroid dienone is 4. The number of nitrogens with zero attached hydrogens (tertiary/aromatic N) is 2. The monoisotopic (exact) mass is 776 g/mol. The molecule has 298 valence electrons. The third-order valence-corrected chi connectivity index (χ3v) is 12.9. The van der Waals surface area contributed by atoms with Crippen LogP contribution in [0.4, 0.5) is 8.63 Å². The van der Waals surface area contributed by atoms with Crippen LogP contribution < -0.4 is 9.47 Å². The van der Waals surface area contributed by atoms with Crippen LogP contribution in [-0.4, -0.2) is 36.1 Å². The summed E-state index contributed by atoms with van der Waals surface area (Å²) in [4.78, 5) is 5.48. The fourth-order valence-corrected chi connectivity index (χ4v) is 10.1. The number of unbranched alkanes of at least 4 members (excludes halogenated alkanes) is 8. The third kappa shape index (κ3) is 6.98. The van der Waals surface area contributed by atoms with Crippen LogP contribution in [0.15, 0.2) is 119 Å². The number of amidine groups is 1. The van der Waals surface area contributed by atoms with Gasteiger partial charge in [-0.3, -0.25) is 0 Å². The van der Waals surface area contributed by atoms with Gasteiger partial charge in [0.15, 0.2) is 0 Å². The number of rotatable bonds is 16. The molecule has 4 nitrogen and oxygen atoms in total. The number of aliphatic imine (C=N–C) groups is 1. The van der Waals surface area contributed by atoms with E-state index in [0.29, 0.717) is 43.3 Å². The number of aryl methyl sites for hydroxylation is 2. The van der Waals surface area contributed by atoms with Crippen LogP contribution in [-0.2, 0) is 12.8 Å². The second-order valence-corrected chi connectivity index (χ2v) is 16.7. The molecule has 1 unspecified atom stereocenters. The molecule has 0 N–H and O–H groups in total. The van der Waals surface area contributed by atoms with Crippen molar-refractivity contribution in [3.63, 3.8) is 0 Å². The van der Waals surface area contributed by atoms with Gasteiger partial charge in [-0.2, -0.15) is 0 Å². The molecular weight excluding hydrogens is 721 g/mol. The molecule has 2 heterocycles. The SMILES string of the molecule is CCCCCCCOc1ccc2c(c1)CCC1=C2C2C(=C1c1ccccc1)N=C1C(c3ccccc3)=C3CCc4cc(OCCCCCCC)ccc4C3=[N+]1[B-]2(F)F. The normalized spacial score (nSPS) is 18.7. The summed E-state index contributed by atoms with van der Waals surface area (Å²) in [5, 5.41) is 0. The molecule has 2 aliphatic heterocycles. The van der Waals surface area contributed by atoms with Gasteiger partial charge in [0.1, 0.15) is 17.2 Å². The van der Waals surface area contributed by atoms with E-state index in [9.17, 15) is 0 Å². The lowest BCUT2D eigenvalue weighted by Crippen LogP contribution is -2.51. The average molecular weight is 777 g/mol. The number of ether oxygens (including phenoxy) is 2. The summed E-state index contributed by atoms with van der Waals surface area (Å²) in [6.45, 7) is 1.53. The molecule has 4 aromatic carbocycles. The molecule has 0 saturated carbocycles. The topological polar surface area (TPSA) is 33.8 Å². The Bertz CT molecular complexity index is 2360. The van der Waals surface area contributed by atoms with Crippen molar-refractivity contribution in [3.8, 4) is 11.5 Å². The summed E-state index contributed by atoms with van der Waals surface area (Å²) in [6, 6.07) is 32.4. The van der Waals surface area contributed by atoms with Gasteiger partial charge >= 0.3 is 6.84 Å². The Labute approximate surface area is 343 Å². The van der Waals surface area contributed by atoms with Crippen molar-refractivity contribution in [1.29, 1.82) is 0 Å². The van der Waals surface area contributed by atoms with Crippen LogP contribution in [0, 0.1) is 0 Å². The van der Waals surface area contributed by atoms with E-state index in [1.807, 2.05) is 72.8 Å². The maximum Gasteiger partial charge on any atom is 0.533 e. The number of fused-ring (bicyclic) bond motifs is 8. The van der Waals surface area contributed by atoms with Gasteiger partial charge in [0.2, 0.25) is 0 Å².